The molecule has 1 aliphatic carbocycles. The highest BCUT2D eigenvalue weighted by molar-refractivity contribution is 5.90. The number of piperidine rings is 1. The zero-order valence-corrected chi connectivity index (χ0v) is 10.5. The van der Waals surface area contributed by atoms with E-state index < -0.39 is 0 Å². The Morgan fingerprint density at radius 1 is 1.44 bits per heavy atom. The number of amides is 1. The molecule has 2 N–H and O–H groups in total. The predicted octanol–water partition coefficient (Wildman–Crippen LogP) is 0.603. The molecule has 2 aliphatic rings. The number of aromatic nitrogens is 2. The lowest BCUT2D eigenvalue weighted by Crippen LogP contribution is -2.38. The quantitative estimate of drug-likeness (QED) is 0.821. The van der Waals surface area contributed by atoms with Crippen molar-refractivity contribution in [2.75, 3.05) is 13.1 Å². The van der Waals surface area contributed by atoms with Crippen molar-refractivity contribution in [3.63, 3.8) is 0 Å². The molecule has 6 heteroatoms. The number of carbonyl (C=O) groups is 1. The molecule has 0 aromatic carbocycles. The molecule has 6 nitrogen and oxygen atoms in total. The summed E-state index contributed by atoms with van der Waals surface area (Å²) in [5, 5.41) is 9.97. The van der Waals surface area contributed by atoms with Crippen LogP contribution in [0, 0.1) is 0 Å². The average molecular weight is 250 g/mol. The Bertz CT molecular complexity index is 447. The number of nitrogens with zero attached hydrogens (tertiary/aromatic N) is 2. The largest absolute Gasteiger partial charge is 0.346 e. The van der Waals surface area contributed by atoms with Gasteiger partial charge in [-0.1, -0.05) is 12.1 Å². The van der Waals surface area contributed by atoms with E-state index in [-0.39, 0.29) is 17.1 Å². The number of rotatable bonds is 3. The van der Waals surface area contributed by atoms with E-state index >= 15 is 0 Å². The highest BCUT2D eigenvalue weighted by Crippen LogP contribution is 2.31. The van der Waals surface area contributed by atoms with Gasteiger partial charge >= 0.3 is 0 Å². The van der Waals surface area contributed by atoms with Gasteiger partial charge in [0.15, 0.2) is 0 Å². The molecule has 2 heterocycles. The van der Waals surface area contributed by atoms with E-state index in [0.29, 0.717) is 11.9 Å². The van der Waals surface area contributed by atoms with Gasteiger partial charge in [-0.2, -0.15) is 4.98 Å². The van der Waals surface area contributed by atoms with Gasteiger partial charge in [0, 0.05) is 11.5 Å². The molecule has 1 aromatic rings. The Morgan fingerprint density at radius 3 is 2.83 bits per heavy atom. The van der Waals surface area contributed by atoms with Crippen molar-refractivity contribution in [3.8, 4) is 0 Å². The Morgan fingerprint density at radius 2 is 2.17 bits per heavy atom. The molecule has 18 heavy (non-hydrogen) atoms. The lowest BCUT2D eigenvalue weighted by Gasteiger charge is -2.30. The lowest BCUT2D eigenvalue weighted by atomic mass is 9.81. The van der Waals surface area contributed by atoms with Crippen molar-refractivity contribution in [2.24, 2.45) is 0 Å². The molecule has 3 rings (SSSR count). The first-order valence-electron chi connectivity index (χ1n) is 6.53. The molecule has 1 amide bonds. The second kappa shape index (κ2) is 4.35. The van der Waals surface area contributed by atoms with E-state index in [1.54, 1.807) is 0 Å². The monoisotopic (exact) mass is 250 g/mol. The molecule has 1 aromatic heterocycles. The number of hydrogen-bond donors (Lipinski definition) is 2. The van der Waals surface area contributed by atoms with Crippen LogP contribution in [-0.2, 0) is 5.41 Å². The van der Waals surface area contributed by atoms with Crippen molar-refractivity contribution in [3.05, 3.63) is 11.7 Å². The van der Waals surface area contributed by atoms with Crippen LogP contribution in [0.1, 0.15) is 49.1 Å². The highest BCUT2D eigenvalue weighted by atomic mass is 16.5. The van der Waals surface area contributed by atoms with Crippen LogP contribution in [0.4, 0.5) is 0 Å². The van der Waals surface area contributed by atoms with Gasteiger partial charge in [0.05, 0.1) is 0 Å². The third kappa shape index (κ3) is 2.25. The highest BCUT2D eigenvalue weighted by Gasteiger charge is 2.35. The van der Waals surface area contributed by atoms with Gasteiger partial charge < -0.3 is 15.2 Å². The fourth-order valence-electron chi connectivity index (χ4n) is 2.23. The Labute approximate surface area is 106 Å². The zero-order valence-electron chi connectivity index (χ0n) is 10.5. The van der Waals surface area contributed by atoms with Crippen LogP contribution in [0.5, 0.6) is 0 Å². The van der Waals surface area contributed by atoms with Crippen LogP contribution in [0.2, 0.25) is 0 Å². The molecule has 1 saturated heterocycles. The summed E-state index contributed by atoms with van der Waals surface area (Å²) in [5.41, 5.74) is -0.101. The van der Waals surface area contributed by atoms with E-state index in [2.05, 4.69) is 27.7 Å². The fraction of sp³-hybridized carbons (Fsp3) is 0.750. The third-order valence-corrected chi connectivity index (χ3v) is 3.77. The summed E-state index contributed by atoms with van der Waals surface area (Å²) in [5.74, 6) is 0.534. The molecule has 2 fully saturated rings. The number of nitrogens with one attached hydrogen (secondary N) is 2. The number of carbonyl (C=O) groups excluding carboxylic acids is 1. The van der Waals surface area contributed by atoms with Crippen LogP contribution in [-0.4, -0.2) is 35.2 Å². The standard InChI is InChI=1S/C12H18N4O2/c1-12(4-6-13-7-5-12)11-15-9(16-18-11)10(17)14-8-2-3-8/h8,13H,2-7H2,1H3,(H,14,17). The maximum absolute atomic E-state index is 11.8. The van der Waals surface area contributed by atoms with Crippen molar-refractivity contribution in [2.45, 2.75) is 44.1 Å². The van der Waals surface area contributed by atoms with Gasteiger partial charge in [-0.05, 0) is 38.8 Å². The lowest BCUT2D eigenvalue weighted by molar-refractivity contribution is 0.0937. The summed E-state index contributed by atoms with van der Waals surface area (Å²) in [6.07, 6.45) is 4.03. The van der Waals surface area contributed by atoms with E-state index in [1.165, 1.54) is 0 Å². The maximum Gasteiger partial charge on any atom is 0.292 e. The van der Waals surface area contributed by atoms with Crippen LogP contribution in [0.25, 0.3) is 0 Å². The van der Waals surface area contributed by atoms with Gasteiger partial charge in [0.2, 0.25) is 5.89 Å². The predicted molar refractivity (Wildman–Crippen MR) is 64.2 cm³/mol. The summed E-state index contributed by atoms with van der Waals surface area (Å²) in [6, 6.07) is 0.314. The topological polar surface area (TPSA) is 80.1 Å². The van der Waals surface area contributed by atoms with Gasteiger partial charge in [-0.15, -0.1) is 0 Å². The SMILES string of the molecule is CC1(c2nc(C(=O)NC3CC3)no2)CCNCC1. The van der Waals surface area contributed by atoms with Crippen molar-refractivity contribution < 1.29 is 9.32 Å². The molecular formula is C12H18N4O2. The second-order valence-corrected chi connectivity index (χ2v) is 5.48. The summed E-state index contributed by atoms with van der Waals surface area (Å²) >= 11 is 0. The molecule has 0 bridgehead atoms. The average Bonchev–Trinajstić information content (AvgIpc) is 3.03. The van der Waals surface area contributed by atoms with Gasteiger partial charge in [-0.3, -0.25) is 4.79 Å². The second-order valence-electron chi connectivity index (χ2n) is 5.48. The summed E-state index contributed by atoms with van der Waals surface area (Å²) < 4.78 is 5.28. The van der Waals surface area contributed by atoms with Gasteiger partial charge in [0.25, 0.3) is 11.7 Å². The van der Waals surface area contributed by atoms with Gasteiger partial charge in [0.1, 0.15) is 0 Å². The van der Waals surface area contributed by atoms with Crippen LogP contribution in [0.15, 0.2) is 4.52 Å². The molecular weight excluding hydrogens is 232 g/mol. The minimum Gasteiger partial charge on any atom is -0.346 e. The van der Waals surface area contributed by atoms with E-state index in [9.17, 15) is 4.79 Å². The molecule has 0 unspecified atom stereocenters. The molecule has 98 valence electrons. The molecule has 0 atom stereocenters. The summed E-state index contributed by atoms with van der Waals surface area (Å²) in [6.45, 7) is 4.01. The van der Waals surface area contributed by atoms with Crippen LogP contribution >= 0.6 is 0 Å². The Kier molecular flexibility index (Phi) is 2.81. The first-order chi connectivity index (χ1) is 8.67. The van der Waals surface area contributed by atoms with Crippen LogP contribution < -0.4 is 10.6 Å². The van der Waals surface area contributed by atoms with Crippen molar-refractivity contribution >= 4 is 5.91 Å². The van der Waals surface area contributed by atoms with E-state index in [0.717, 1.165) is 38.8 Å². The first-order valence-corrected chi connectivity index (χ1v) is 6.53. The Balaban J connectivity index is 1.73. The van der Waals surface area contributed by atoms with E-state index in [4.69, 9.17) is 4.52 Å². The minimum absolute atomic E-state index is 0.101. The Hall–Kier alpha value is -1.43. The van der Waals surface area contributed by atoms with Crippen molar-refractivity contribution in [1.82, 2.24) is 20.8 Å². The van der Waals surface area contributed by atoms with Crippen molar-refractivity contribution in [1.29, 1.82) is 0 Å². The summed E-state index contributed by atoms with van der Waals surface area (Å²) in [4.78, 5) is 16.1. The molecule has 0 radical (unpaired) electrons. The maximum atomic E-state index is 11.8. The first kappa shape index (κ1) is 11.6. The molecule has 1 saturated carbocycles. The molecule has 1 aliphatic heterocycles. The normalized spacial score (nSPS) is 22.7. The minimum atomic E-state index is -0.218. The fourth-order valence-corrected chi connectivity index (χ4v) is 2.23. The number of hydrogen-bond acceptors (Lipinski definition) is 5. The summed E-state index contributed by atoms with van der Waals surface area (Å²) in [7, 11) is 0. The molecule has 0 spiro atoms. The van der Waals surface area contributed by atoms with E-state index in [1.807, 2.05) is 0 Å². The smallest absolute Gasteiger partial charge is 0.292 e. The third-order valence-electron chi connectivity index (χ3n) is 3.77. The van der Waals surface area contributed by atoms with Crippen LogP contribution in [0.3, 0.4) is 0 Å². The van der Waals surface area contributed by atoms with Gasteiger partial charge in [-0.25, -0.2) is 0 Å². The zero-order chi connectivity index (χ0) is 12.6.